The Morgan fingerprint density at radius 1 is 1.48 bits per heavy atom. The number of hydrogen-bond acceptors (Lipinski definition) is 3. The lowest BCUT2D eigenvalue weighted by molar-refractivity contribution is 0.300. The van der Waals surface area contributed by atoms with E-state index in [1.807, 2.05) is 37.8 Å². The highest BCUT2D eigenvalue weighted by atomic mass is 79.9. The summed E-state index contributed by atoms with van der Waals surface area (Å²) < 4.78 is 8.90. The highest BCUT2D eigenvalue weighted by Crippen LogP contribution is 2.37. The predicted octanol–water partition coefficient (Wildman–Crippen LogP) is 2.80. The topological polar surface area (TPSA) is 39.1 Å². The predicted molar refractivity (Wildman–Crippen MR) is 86.9 cm³/mol. The first-order valence-electron chi connectivity index (χ1n) is 7.18. The number of fused-ring (bicyclic) bond motifs is 1. The molecule has 1 aliphatic heterocycles. The van der Waals surface area contributed by atoms with Crippen molar-refractivity contribution in [2.45, 2.75) is 25.3 Å². The summed E-state index contributed by atoms with van der Waals surface area (Å²) in [4.78, 5) is 0. The van der Waals surface area contributed by atoms with Crippen LogP contribution in [0, 0.1) is 6.92 Å². The van der Waals surface area contributed by atoms with Gasteiger partial charge in [0.25, 0.3) is 0 Å². The van der Waals surface area contributed by atoms with Crippen molar-refractivity contribution in [3.05, 3.63) is 45.7 Å². The summed E-state index contributed by atoms with van der Waals surface area (Å²) >= 11 is 3.66. The first-order valence-corrected chi connectivity index (χ1v) is 7.98. The Bertz CT molecular complexity index is 653. The molecule has 0 aliphatic carbocycles. The molecule has 0 amide bonds. The number of nitrogens with one attached hydrogen (secondary N) is 1. The summed E-state index contributed by atoms with van der Waals surface area (Å²) in [5, 5.41) is 7.93. The molecule has 0 fully saturated rings. The Labute approximate surface area is 133 Å². The number of aryl methyl sites for hydroxylation is 2. The van der Waals surface area contributed by atoms with E-state index in [0.717, 1.165) is 28.9 Å². The standard InChI is InChI=1S/C16H20BrN3O/c1-10-16(17)14(20(3)19-10)8-13(18-2)12-9-21-15-7-5-4-6-11(12)15/h4-7,12-13,18H,8-9H2,1-3H3. The minimum atomic E-state index is 0.319. The molecule has 2 unspecified atom stereocenters. The summed E-state index contributed by atoms with van der Waals surface area (Å²) in [6, 6.07) is 8.64. The van der Waals surface area contributed by atoms with E-state index in [0.29, 0.717) is 12.0 Å². The molecule has 112 valence electrons. The quantitative estimate of drug-likeness (QED) is 0.922. The van der Waals surface area contributed by atoms with E-state index < -0.39 is 0 Å². The van der Waals surface area contributed by atoms with E-state index in [4.69, 9.17) is 4.74 Å². The molecule has 0 saturated heterocycles. The lowest BCUT2D eigenvalue weighted by atomic mass is 9.90. The molecule has 0 radical (unpaired) electrons. The van der Waals surface area contributed by atoms with Gasteiger partial charge >= 0.3 is 0 Å². The van der Waals surface area contributed by atoms with Crippen molar-refractivity contribution in [1.29, 1.82) is 0 Å². The molecule has 2 aromatic rings. The molecular formula is C16H20BrN3O. The van der Waals surface area contributed by atoms with Crippen LogP contribution in [0.5, 0.6) is 5.75 Å². The van der Waals surface area contributed by atoms with Gasteiger partial charge in [0, 0.05) is 31.0 Å². The highest BCUT2D eigenvalue weighted by molar-refractivity contribution is 9.10. The van der Waals surface area contributed by atoms with Gasteiger partial charge in [0.05, 0.1) is 22.5 Å². The van der Waals surface area contributed by atoms with Gasteiger partial charge in [0.2, 0.25) is 0 Å². The zero-order valence-electron chi connectivity index (χ0n) is 12.6. The van der Waals surface area contributed by atoms with E-state index in [-0.39, 0.29) is 0 Å². The Morgan fingerprint density at radius 3 is 2.90 bits per heavy atom. The molecule has 0 bridgehead atoms. The van der Waals surface area contributed by atoms with Crippen molar-refractivity contribution in [2.75, 3.05) is 13.7 Å². The molecule has 2 heterocycles. The fourth-order valence-electron chi connectivity index (χ4n) is 3.08. The minimum Gasteiger partial charge on any atom is -0.493 e. The van der Waals surface area contributed by atoms with Gasteiger partial charge in [0.15, 0.2) is 0 Å². The minimum absolute atomic E-state index is 0.319. The molecule has 0 spiro atoms. The molecule has 1 aliphatic rings. The molecular weight excluding hydrogens is 330 g/mol. The molecule has 1 N–H and O–H groups in total. The number of halogens is 1. The van der Waals surface area contributed by atoms with Gasteiger partial charge in [-0.2, -0.15) is 5.10 Å². The molecule has 1 aromatic carbocycles. The monoisotopic (exact) mass is 349 g/mol. The number of likely N-dealkylation sites (N-methyl/N-ethyl adjacent to an activating group) is 1. The Hall–Kier alpha value is -1.33. The van der Waals surface area contributed by atoms with Gasteiger partial charge in [-0.05, 0) is 36.0 Å². The van der Waals surface area contributed by atoms with E-state index >= 15 is 0 Å². The van der Waals surface area contributed by atoms with Crippen LogP contribution in [0.15, 0.2) is 28.7 Å². The Kier molecular flexibility index (Phi) is 4.04. The average molecular weight is 350 g/mol. The molecule has 1 aromatic heterocycles. The van der Waals surface area contributed by atoms with Gasteiger partial charge in [-0.25, -0.2) is 0 Å². The van der Waals surface area contributed by atoms with Crippen molar-refractivity contribution >= 4 is 15.9 Å². The van der Waals surface area contributed by atoms with Crippen LogP contribution < -0.4 is 10.1 Å². The summed E-state index contributed by atoms with van der Waals surface area (Å²) in [5.74, 6) is 1.39. The third kappa shape index (κ3) is 2.60. The van der Waals surface area contributed by atoms with E-state index in [2.05, 4.69) is 38.5 Å². The van der Waals surface area contributed by atoms with Crippen molar-refractivity contribution in [2.24, 2.45) is 7.05 Å². The van der Waals surface area contributed by atoms with Crippen molar-refractivity contribution in [3.63, 3.8) is 0 Å². The SMILES string of the molecule is CNC(Cc1c(Br)c(C)nn1C)C1COc2ccccc21. The van der Waals surface area contributed by atoms with Crippen LogP contribution in [-0.4, -0.2) is 29.5 Å². The molecule has 0 saturated carbocycles. The number of aromatic nitrogens is 2. The molecule has 3 rings (SSSR count). The fourth-order valence-corrected chi connectivity index (χ4v) is 3.57. The average Bonchev–Trinajstić information content (AvgIpc) is 3.00. The number of benzene rings is 1. The third-order valence-electron chi connectivity index (χ3n) is 4.27. The summed E-state index contributed by atoms with van der Waals surface area (Å²) in [6.45, 7) is 2.76. The maximum atomic E-state index is 5.82. The second kappa shape index (κ2) is 5.81. The maximum absolute atomic E-state index is 5.82. The number of para-hydroxylation sites is 1. The zero-order valence-corrected chi connectivity index (χ0v) is 14.1. The fraction of sp³-hybridized carbons (Fsp3) is 0.438. The van der Waals surface area contributed by atoms with Gasteiger partial charge in [0.1, 0.15) is 5.75 Å². The smallest absolute Gasteiger partial charge is 0.122 e. The second-order valence-corrected chi connectivity index (χ2v) is 6.32. The third-order valence-corrected chi connectivity index (χ3v) is 5.30. The van der Waals surface area contributed by atoms with Crippen molar-refractivity contribution in [1.82, 2.24) is 15.1 Å². The Balaban J connectivity index is 1.87. The van der Waals surface area contributed by atoms with E-state index in [1.54, 1.807) is 0 Å². The zero-order chi connectivity index (χ0) is 15.0. The first-order chi connectivity index (χ1) is 10.1. The number of nitrogens with zero attached hydrogens (tertiary/aromatic N) is 2. The van der Waals surface area contributed by atoms with Crippen molar-refractivity contribution < 1.29 is 4.74 Å². The van der Waals surface area contributed by atoms with Gasteiger partial charge in [-0.1, -0.05) is 18.2 Å². The van der Waals surface area contributed by atoms with Crippen molar-refractivity contribution in [3.8, 4) is 5.75 Å². The summed E-state index contributed by atoms with van der Waals surface area (Å²) in [7, 11) is 4.02. The van der Waals surface area contributed by atoms with Crippen LogP contribution in [0.2, 0.25) is 0 Å². The highest BCUT2D eigenvalue weighted by Gasteiger charge is 2.31. The number of hydrogen-bond donors (Lipinski definition) is 1. The molecule has 2 atom stereocenters. The van der Waals surface area contributed by atoms with Crippen LogP contribution in [0.1, 0.15) is 22.9 Å². The Morgan fingerprint density at radius 2 is 2.24 bits per heavy atom. The largest absolute Gasteiger partial charge is 0.493 e. The first kappa shape index (κ1) is 14.6. The van der Waals surface area contributed by atoms with Crippen LogP contribution in [0.3, 0.4) is 0 Å². The van der Waals surface area contributed by atoms with Crippen LogP contribution in [0.4, 0.5) is 0 Å². The lowest BCUT2D eigenvalue weighted by Crippen LogP contribution is -2.35. The summed E-state index contributed by atoms with van der Waals surface area (Å²) in [5.41, 5.74) is 3.55. The van der Waals surface area contributed by atoms with Gasteiger partial charge in [-0.15, -0.1) is 0 Å². The van der Waals surface area contributed by atoms with Crippen LogP contribution in [0.25, 0.3) is 0 Å². The number of ether oxygens (including phenoxy) is 1. The van der Waals surface area contributed by atoms with Gasteiger partial charge in [-0.3, -0.25) is 4.68 Å². The normalized spacial score (nSPS) is 18.4. The van der Waals surface area contributed by atoms with E-state index in [1.165, 1.54) is 11.3 Å². The molecule has 21 heavy (non-hydrogen) atoms. The van der Waals surface area contributed by atoms with Crippen LogP contribution >= 0.6 is 15.9 Å². The molecule has 4 nitrogen and oxygen atoms in total. The van der Waals surface area contributed by atoms with Crippen LogP contribution in [-0.2, 0) is 13.5 Å². The lowest BCUT2D eigenvalue weighted by Gasteiger charge is -2.22. The second-order valence-electron chi connectivity index (χ2n) is 5.52. The number of rotatable bonds is 4. The van der Waals surface area contributed by atoms with E-state index in [9.17, 15) is 0 Å². The van der Waals surface area contributed by atoms with Gasteiger partial charge < -0.3 is 10.1 Å². The summed E-state index contributed by atoms with van der Waals surface area (Å²) in [6.07, 6.45) is 0.913. The maximum Gasteiger partial charge on any atom is 0.122 e. The molecule has 5 heteroatoms.